The van der Waals surface area contributed by atoms with Crippen LogP contribution in [0.25, 0.3) is 0 Å². The molecular weight excluding hydrogens is 372 g/mol. The molecule has 6 nitrogen and oxygen atoms in total. The number of aromatic nitrogens is 2. The minimum absolute atomic E-state index is 0.0396. The van der Waals surface area contributed by atoms with Crippen LogP contribution in [0.15, 0.2) is 46.3 Å². The highest BCUT2D eigenvalue weighted by molar-refractivity contribution is 7.12. The van der Waals surface area contributed by atoms with E-state index in [9.17, 15) is 4.79 Å². The predicted molar refractivity (Wildman–Crippen MR) is 108 cm³/mol. The Kier molecular flexibility index (Phi) is 5.54. The van der Waals surface area contributed by atoms with Crippen molar-refractivity contribution in [1.82, 2.24) is 19.9 Å². The van der Waals surface area contributed by atoms with E-state index in [0.29, 0.717) is 31.2 Å². The van der Waals surface area contributed by atoms with Gasteiger partial charge in [0.1, 0.15) is 0 Å². The van der Waals surface area contributed by atoms with Crippen LogP contribution in [0.1, 0.15) is 45.5 Å². The summed E-state index contributed by atoms with van der Waals surface area (Å²) in [5, 5.41) is 6.11. The highest BCUT2D eigenvalue weighted by atomic mass is 32.1. The number of carbonyl (C=O) groups is 1. The van der Waals surface area contributed by atoms with Crippen LogP contribution < -0.4 is 0 Å². The summed E-state index contributed by atoms with van der Waals surface area (Å²) in [7, 11) is 0. The van der Waals surface area contributed by atoms with Gasteiger partial charge in [0.25, 0.3) is 5.91 Å². The molecule has 1 fully saturated rings. The summed E-state index contributed by atoms with van der Waals surface area (Å²) < 4.78 is 5.52. The van der Waals surface area contributed by atoms with Crippen LogP contribution in [-0.2, 0) is 6.42 Å². The second-order valence-corrected chi connectivity index (χ2v) is 8.06. The lowest BCUT2D eigenvalue weighted by atomic mass is 10.1. The molecule has 7 heteroatoms. The van der Waals surface area contributed by atoms with E-state index in [2.05, 4.69) is 34.1 Å². The van der Waals surface area contributed by atoms with Crippen molar-refractivity contribution in [2.45, 2.75) is 26.3 Å². The van der Waals surface area contributed by atoms with Crippen LogP contribution in [0.4, 0.5) is 0 Å². The highest BCUT2D eigenvalue weighted by Crippen LogP contribution is 2.23. The summed E-state index contributed by atoms with van der Waals surface area (Å²) >= 11 is 1.52. The monoisotopic (exact) mass is 396 g/mol. The zero-order valence-corrected chi connectivity index (χ0v) is 17.0. The molecule has 1 unspecified atom stereocenters. The summed E-state index contributed by atoms with van der Waals surface area (Å²) in [6.07, 6.45) is 0.666. The highest BCUT2D eigenvalue weighted by Gasteiger charge is 2.28. The first-order valence-electron chi connectivity index (χ1n) is 9.55. The van der Waals surface area contributed by atoms with Gasteiger partial charge in [0, 0.05) is 32.6 Å². The number of benzene rings is 1. The summed E-state index contributed by atoms with van der Waals surface area (Å²) in [5.74, 6) is 1.48. The maximum absolute atomic E-state index is 12.7. The standard InChI is InChI=1S/C21H24N4O2S/c1-15-8-13-28-19(15)21(26)25-11-9-24(10-12-25)16(2)20-22-18(23-27-20)14-17-6-4-3-5-7-17/h3-8,13,16H,9-12,14H2,1-2H3. The van der Waals surface area contributed by atoms with Gasteiger partial charge in [0.2, 0.25) is 5.89 Å². The molecule has 0 N–H and O–H groups in total. The van der Waals surface area contributed by atoms with Crippen molar-refractivity contribution >= 4 is 17.2 Å². The van der Waals surface area contributed by atoms with Crippen LogP contribution in [-0.4, -0.2) is 52.0 Å². The molecule has 1 saturated heterocycles. The first-order valence-corrected chi connectivity index (χ1v) is 10.4. The third-order valence-electron chi connectivity index (χ3n) is 5.25. The Morgan fingerprint density at radius 1 is 1.18 bits per heavy atom. The molecule has 28 heavy (non-hydrogen) atoms. The first kappa shape index (κ1) is 18.8. The Bertz CT molecular complexity index is 929. The fourth-order valence-corrected chi connectivity index (χ4v) is 4.38. The van der Waals surface area contributed by atoms with Gasteiger partial charge in [-0.1, -0.05) is 35.5 Å². The lowest BCUT2D eigenvalue weighted by Gasteiger charge is -2.36. The minimum atomic E-state index is 0.0396. The summed E-state index contributed by atoms with van der Waals surface area (Å²) in [5.41, 5.74) is 2.22. The quantitative estimate of drug-likeness (QED) is 0.660. The third kappa shape index (κ3) is 4.00. The molecule has 1 aliphatic heterocycles. The molecule has 2 aromatic heterocycles. The smallest absolute Gasteiger partial charge is 0.264 e. The normalized spacial score (nSPS) is 16.3. The van der Waals surface area contributed by atoms with Crippen molar-refractivity contribution in [2.75, 3.05) is 26.2 Å². The Hall–Kier alpha value is -2.51. The maximum atomic E-state index is 12.7. The van der Waals surface area contributed by atoms with Gasteiger partial charge < -0.3 is 9.42 Å². The molecular formula is C21H24N4O2S. The number of rotatable bonds is 5. The molecule has 0 radical (unpaired) electrons. The van der Waals surface area contributed by atoms with E-state index in [1.165, 1.54) is 16.9 Å². The Labute approximate surface area is 168 Å². The molecule has 1 amide bonds. The summed E-state index contributed by atoms with van der Waals surface area (Å²) in [4.78, 5) is 22.4. The Morgan fingerprint density at radius 2 is 1.93 bits per heavy atom. The predicted octanol–water partition coefficient (Wildman–Crippen LogP) is 3.55. The van der Waals surface area contributed by atoms with Gasteiger partial charge in [-0.25, -0.2) is 0 Å². The van der Waals surface area contributed by atoms with E-state index in [4.69, 9.17) is 4.52 Å². The number of carbonyl (C=O) groups excluding carboxylic acids is 1. The van der Waals surface area contributed by atoms with E-state index in [0.717, 1.165) is 23.5 Å². The number of amides is 1. The average Bonchev–Trinajstić information content (AvgIpc) is 3.37. The number of piperazine rings is 1. The molecule has 0 spiro atoms. The van der Waals surface area contributed by atoms with E-state index in [1.807, 2.05) is 41.5 Å². The maximum Gasteiger partial charge on any atom is 0.264 e. The van der Waals surface area contributed by atoms with Crippen LogP contribution in [0.3, 0.4) is 0 Å². The topological polar surface area (TPSA) is 62.5 Å². The SMILES string of the molecule is Cc1ccsc1C(=O)N1CCN(C(C)c2nc(Cc3ccccc3)no2)CC1. The van der Waals surface area contributed by atoms with Gasteiger partial charge in [-0.2, -0.15) is 4.98 Å². The largest absolute Gasteiger partial charge is 0.338 e. The average molecular weight is 397 g/mol. The molecule has 146 valence electrons. The lowest BCUT2D eigenvalue weighted by Crippen LogP contribution is -2.49. The molecule has 4 rings (SSSR count). The number of hydrogen-bond acceptors (Lipinski definition) is 6. The van der Waals surface area contributed by atoms with Gasteiger partial charge in [0.05, 0.1) is 10.9 Å². The van der Waals surface area contributed by atoms with Gasteiger partial charge in [-0.3, -0.25) is 9.69 Å². The van der Waals surface area contributed by atoms with Crippen molar-refractivity contribution in [3.05, 3.63) is 69.5 Å². The molecule has 3 aromatic rings. The van der Waals surface area contributed by atoms with Gasteiger partial charge in [-0.05, 0) is 36.4 Å². The second-order valence-electron chi connectivity index (χ2n) is 7.15. The van der Waals surface area contributed by atoms with E-state index < -0.39 is 0 Å². The molecule has 1 aromatic carbocycles. The fraction of sp³-hybridized carbons (Fsp3) is 0.381. The fourth-order valence-electron chi connectivity index (χ4n) is 3.49. The van der Waals surface area contributed by atoms with Crippen LogP contribution in [0.2, 0.25) is 0 Å². The van der Waals surface area contributed by atoms with Crippen molar-refractivity contribution in [1.29, 1.82) is 0 Å². The van der Waals surface area contributed by atoms with Crippen LogP contribution in [0, 0.1) is 6.92 Å². The van der Waals surface area contributed by atoms with Crippen LogP contribution >= 0.6 is 11.3 Å². The van der Waals surface area contributed by atoms with Gasteiger partial charge in [-0.15, -0.1) is 11.3 Å². The molecule has 0 aliphatic carbocycles. The van der Waals surface area contributed by atoms with Crippen LogP contribution in [0.5, 0.6) is 0 Å². The zero-order chi connectivity index (χ0) is 19.5. The molecule has 1 atom stereocenters. The lowest BCUT2D eigenvalue weighted by molar-refractivity contribution is 0.0555. The van der Waals surface area contributed by atoms with E-state index in [-0.39, 0.29) is 11.9 Å². The van der Waals surface area contributed by atoms with Crippen molar-refractivity contribution < 1.29 is 9.32 Å². The Morgan fingerprint density at radius 3 is 2.61 bits per heavy atom. The molecule has 0 saturated carbocycles. The molecule has 0 bridgehead atoms. The van der Waals surface area contributed by atoms with Crippen molar-refractivity contribution in [3.8, 4) is 0 Å². The number of thiophene rings is 1. The minimum Gasteiger partial charge on any atom is -0.338 e. The first-order chi connectivity index (χ1) is 13.6. The van der Waals surface area contributed by atoms with Gasteiger partial charge in [0.15, 0.2) is 5.82 Å². The Balaban J connectivity index is 1.35. The van der Waals surface area contributed by atoms with E-state index >= 15 is 0 Å². The number of hydrogen-bond donors (Lipinski definition) is 0. The third-order valence-corrected chi connectivity index (χ3v) is 6.26. The van der Waals surface area contributed by atoms with Crippen molar-refractivity contribution in [2.24, 2.45) is 0 Å². The summed E-state index contributed by atoms with van der Waals surface area (Å²) in [6.45, 7) is 7.10. The number of aryl methyl sites for hydroxylation is 1. The number of nitrogens with zero attached hydrogens (tertiary/aromatic N) is 4. The zero-order valence-electron chi connectivity index (χ0n) is 16.2. The summed E-state index contributed by atoms with van der Waals surface area (Å²) in [6, 6.07) is 12.2. The van der Waals surface area contributed by atoms with Crippen molar-refractivity contribution in [3.63, 3.8) is 0 Å². The molecule has 1 aliphatic rings. The van der Waals surface area contributed by atoms with E-state index in [1.54, 1.807) is 0 Å². The second kappa shape index (κ2) is 8.24. The van der Waals surface area contributed by atoms with Gasteiger partial charge >= 0.3 is 0 Å². The molecule has 3 heterocycles.